The molecule has 0 bridgehead atoms. The van der Waals surface area contributed by atoms with Crippen molar-refractivity contribution in [1.82, 2.24) is 5.32 Å². The molecule has 6 heteroatoms. The number of rotatable bonds is 5. The first-order valence-corrected chi connectivity index (χ1v) is 7.39. The maximum atomic E-state index is 11.9. The Hall–Kier alpha value is -3.04. The predicted molar refractivity (Wildman–Crippen MR) is 88.9 cm³/mol. The lowest BCUT2D eigenvalue weighted by molar-refractivity contribution is -0.136. The lowest BCUT2D eigenvalue weighted by atomic mass is 10.1. The monoisotopic (exact) mass is 326 g/mol. The van der Waals surface area contributed by atoms with Crippen LogP contribution in [0, 0.1) is 12.3 Å². The van der Waals surface area contributed by atoms with Gasteiger partial charge in [-0.1, -0.05) is 12.0 Å². The smallest absolute Gasteiger partial charge is 0.313 e. The Labute approximate surface area is 139 Å². The molecule has 124 valence electrons. The molecule has 1 aromatic heterocycles. The van der Waals surface area contributed by atoms with Crippen molar-refractivity contribution in [3.8, 4) is 12.3 Å². The van der Waals surface area contributed by atoms with Gasteiger partial charge in [-0.25, -0.2) is 0 Å². The Morgan fingerprint density at radius 3 is 2.75 bits per heavy atom. The normalized spacial score (nSPS) is 12.7. The van der Waals surface area contributed by atoms with Crippen molar-refractivity contribution in [3.05, 3.63) is 54.0 Å². The maximum Gasteiger partial charge on any atom is 0.313 e. The quantitative estimate of drug-likeness (QED) is 0.577. The highest BCUT2D eigenvalue weighted by molar-refractivity contribution is 6.39. The second kappa shape index (κ2) is 7.99. The van der Waals surface area contributed by atoms with Crippen molar-refractivity contribution in [2.24, 2.45) is 0 Å². The molecule has 1 aromatic carbocycles. The van der Waals surface area contributed by atoms with Crippen molar-refractivity contribution in [3.63, 3.8) is 0 Å². The van der Waals surface area contributed by atoms with Crippen LogP contribution in [0.3, 0.4) is 0 Å². The minimum atomic E-state index is -0.856. The second-order valence-electron chi connectivity index (χ2n) is 5.32. The van der Waals surface area contributed by atoms with Crippen molar-refractivity contribution < 1.29 is 19.1 Å². The average molecular weight is 326 g/mol. The van der Waals surface area contributed by atoms with Crippen LogP contribution in [0.5, 0.6) is 0 Å². The molecule has 0 spiro atoms. The summed E-state index contributed by atoms with van der Waals surface area (Å²) in [5.74, 6) is 1.26. The van der Waals surface area contributed by atoms with E-state index >= 15 is 0 Å². The number of furan rings is 1. The molecule has 2 amide bonds. The van der Waals surface area contributed by atoms with E-state index in [0.29, 0.717) is 17.0 Å². The van der Waals surface area contributed by atoms with Gasteiger partial charge < -0.3 is 20.2 Å². The molecule has 0 aliphatic rings. The third-order valence-corrected chi connectivity index (χ3v) is 3.32. The standard InChI is InChI=1S/C18H18N2O4/c1-3-13-6-4-7-14(11-13)20-18(23)17(22)19-12(2)10-15(21)16-8-5-9-24-16/h1,4-9,11-12,15,21H,10H2,2H3,(H,19,22)(H,20,23). The molecule has 2 atom stereocenters. The molecular weight excluding hydrogens is 308 g/mol. The van der Waals surface area contributed by atoms with E-state index in [0.717, 1.165) is 0 Å². The van der Waals surface area contributed by atoms with Crippen LogP contribution < -0.4 is 10.6 Å². The summed E-state index contributed by atoms with van der Waals surface area (Å²) in [4.78, 5) is 23.8. The van der Waals surface area contributed by atoms with Gasteiger partial charge in [-0.15, -0.1) is 6.42 Å². The maximum absolute atomic E-state index is 11.9. The second-order valence-corrected chi connectivity index (χ2v) is 5.32. The summed E-state index contributed by atoms with van der Waals surface area (Å²) in [6.07, 6.45) is 6.11. The first-order valence-electron chi connectivity index (χ1n) is 7.39. The summed E-state index contributed by atoms with van der Waals surface area (Å²) in [5, 5.41) is 15.0. The van der Waals surface area contributed by atoms with E-state index in [1.807, 2.05) is 0 Å². The fraction of sp³-hybridized carbons (Fsp3) is 0.222. The van der Waals surface area contributed by atoms with E-state index in [9.17, 15) is 14.7 Å². The molecule has 0 aliphatic carbocycles. The molecule has 0 radical (unpaired) electrons. The highest BCUT2D eigenvalue weighted by Gasteiger charge is 2.20. The first kappa shape index (κ1) is 17.3. The van der Waals surface area contributed by atoms with Crippen molar-refractivity contribution in [2.45, 2.75) is 25.5 Å². The molecule has 2 rings (SSSR count). The number of anilines is 1. The van der Waals surface area contributed by atoms with Gasteiger partial charge in [-0.05, 0) is 37.3 Å². The fourth-order valence-electron chi connectivity index (χ4n) is 2.15. The number of terminal acetylenes is 1. The summed E-state index contributed by atoms with van der Waals surface area (Å²) < 4.78 is 5.09. The Balaban J connectivity index is 1.86. The number of nitrogens with one attached hydrogen (secondary N) is 2. The molecule has 0 aliphatic heterocycles. The van der Waals surface area contributed by atoms with Gasteiger partial charge in [0.05, 0.1) is 6.26 Å². The summed E-state index contributed by atoms with van der Waals surface area (Å²) in [7, 11) is 0. The summed E-state index contributed by atoms with van der Waals surface area (Å²) >= 11 is 0. The number of benzene rings is 1. The first-order chi connectivity index (χ1) is 11.5. The third kappa shape index (κ3) is 4.73. The lowest BCUT2D eigenvalue weighted by Crippen LogP contribution is -2.41. The van der Waals surface area contributed by atoms with E-state index in [-0.39, 0.29) is 6.42 Å². The van der Waals surface area contributed by atoms with Crippen LogP contribution in [-0.2, 0) is 9.59 Å². The third-order valence-electron chi connectivity index (χ3n) is 3.32. The average Bonchev–Trinajstić information content (AvgIpc) is 3.09. The Morgan fingerprint density at radius 2 is 2.08 bits per heavy atom. The summed E-state index contributed by atoms with van der Waals surface area (Å²) in [6.45, 7) is 1.69. The SMILES string of the molecule is C#Cc1cccc(NC(=O)C(=O)NC(C)CC(O)c2ccco2)c1. The van der Waals surface area contributed by atoms with Crippen molar-refractivity contribution in [2.75, 3.05) is 5.32 Å². The molecule has 2 unspecified atom stereocenters. The number of hydrogen-bond acceptors (Lipinski definition) is 4. The Morgan fingerprint density at radius 1 is 1.29 bits per heavy atom. The van der Waals surface area contributed by atoms with E-state index in [1.54, 1.807) is 43.3 Å². The van der Waals surface area contributed by atoms with Gasteiger partial charge >= 0.3 is 11.8 Å². The van der Waals surface area contributed by atoms with Crippen LogP contribution in [-0.4, -0.2) is 23.0 Å². The number of carbonyl (C=O) groups excluding carboxylic acids is 2. The molecule has 0 saturated carbocycles. The van der Waals surface area contributed by atoms with E-state index in [4.69, 9.17) is 10.8 Å². The molecule has 2 aromatic rings. The van der Waals surface area contributed by atoms with Crippen LogP contribution in [0.25, 0.3) is 0 Å². The van der Waals surface area contributed by atoms with Gasteiger partial charge in [0.1, 0.15) is 11.9 Å². The molecule has 0 saturated heterocycles. The summed E-state index contributed by atoms with van der Waals surface area (Å²) in [6, 6.07) is 9.52. The number of aliphatic hydroxyl groups excluding tert-OH is 1. The van der Waals surface area contributed by atoms with E-state index in [1.165, 1.54) is 6.26 Å². The zero-order chi connectivity index (χ0) is 17.5. The highest BCUT2D eigenvalue weighted by Crippen LogP contribution is 2.18. The van der Waals surface area contributed by atoms with Gasteiger partial charge in [-0.2, -0.15) is 0 Å². The van der Waals surface area contributed by atoms with Crippen LogP contribution in [0.1, 0.15) is 30.8 Å². The van der Waals surface area contributed by atoms with Crippen LogP contribution in [0.4, 0.5) is 5.69 Å². The van der Waals surface area contributed by atoms with Gasteiger partial charge in [0.15, 0.2) is 0 Å². The van der Waals surface area contributed by atoms with Gasteiger partial charge in [-0.3, -0.25) is 9.59 Å². The number of hydrogen-bond donors (Lipinski definition) is 3. The fourth-order valence-corrected chi connectivity index (χ4v) is 2.15. The molecule has 3 N–H and O–H groups in total. The molecule has 1 heterocycles. The number of carbonyl (C=O) groups is 2. The van der Waals surface area contributed by atoms with Crippen LogP contribution >= 0.6 is 0 Å². The van der Waals surface area contributed by atoms with Gasteiger partial charge in [0, 0.05) is 23.7 Å². The Kier molecular flexibility index (Phi) is 5.77. The Bertz CT molecular complexity index is 747. The summed E-state index contributed by atoms with van der Waals surface area (Å²) in [5.41, 5.74) is 1.04. The van der Waals surface area contributed by atoms with Crippen molar-refractivity contribution in [1.29, 1.82) is 0 Å². The predicted octanol–water partition coefficient (Wildman–Crippen LogP) is 1.83. The zero-order valence-electron chi connectivity index (χ0n) is 13.2. The lowest BCUT2D eigenvalue weighted by Gasteiger charge is -2.16. The van der Waals surface area contributed by atoms with E-state index < -0.39 is 24.0 Å². The minimum Gasteiger partial charge on any atom is -0.467 e. The number of amides is 2. The van der Waals surface area contributed by atoms with Gasteiger partial charge in [0.25, 0.3) is 0 Å². The topological polar surface area (TPSA) is 91.6 Å². The minimum absolute atomic E-state index is 0.221. The number of aliphatic hydroxyl groups is 1. The highest BCUT2D eigenvalue weighted by atomic mass is 16.4. The molecule has 24 heavy (non-hydrogen) atoms. The molecule has 0 fully saturated rings. The van der Waals surface area contributed by atoms with Crippen LogP contribution in [0.15, 0.2) is 47.1 Å². The van der Waals surface area contributed by atoms with Crippen LogP contribution in [0.2, 0.25) is 0 Å². The molecule has 6 nitrogen and oxygen atoms in total. The van der Waals surface area contributed by atoms with Crippen molar-refractivity contribution >= 4 is 17.5 Å². The van der Waals surface area contributed by atoms with E-state index in [2.05, 4.69) is 16.6 Å². The largest absolute Gasteiger partial charge is 0.467 e. The zero-order valence-corrected chi connectivity index (χ0v) is 13.2. The van der Waals surface area contributed by atoms with Gasteiger partial charge in [0.2, 0.25) is 0 Å². The molecular formula is C18H18N2O4.